The third-order valence-corrected chi connectivity index (χ3v) is 9.06. The van der Waals surface area contributed by atoms with Crippen LogP contribution in [-0.2, 0) is 10.0 Å². The van der Waals surface area contributed by atoms with Crippen LogP contribution in [0.25, 0.3) is 16.0 Å². The Balaban J connectivity index is 1.60. The summed E-state index contributed by atoms with van der Waals surface area (Å²) in [5, 5.41) is 21.3. The van der Waals surface area contributed by atoms with Gasteiger partial charge in [0.15, 0.2) is 5.01 Å². The number of hydrogen-bond acceptors (Lipinski definition) is 9. The van der Waals surface area contributed by atoms with Crippen LogP contribution in [0.2, 0.25) is 0 Å². The Labute approximate surface area is 221 Å². The van der Waals surface area contributed by atoms with Gasteiger partial charge in [-0.2, -0.15) is 15.1 Å². The SMILES string of the molecule is C[C@H]1CN(c2cc(S(=O)(=O)NC3(C#N)CC3)cc3c2cnn3-c2nnc(C(F)F)s2)CCN1C(=O)N(C)C. The van der Waals surface area contributed by atoms with E-state index in [4.69, 9.17) is 0 Å². The van der Waals surface area contributed by atoms with Crippen LogP contribution in [0, 0.1) is 11.3 Å². The minimum absolute atomic E-state index is 0.0641. The molecule has 1 N–H and O–H groups in total. The summed E-state index contributed by atoms with van der Waals surface area (Å²) in [5.41, 5.74) is -0.244. The van der Waals surface area contributed by atoms with Crippen molar-refractivity contribution in [1.82, 2.24) is 34.5 Å². The van der Waals surface area contributed by atoms with Crippen molar-refractivity contribution in [3.05, 3.63) is 23.3 Å². The van der Waals surface area contributed by atoms with Gasteiger partial charge in [-0.1, -0.05) is 11.3 Å². The lowest BCUT2D eigenvalue weighted by atomic mass is 10.1. The van der Waals surface area contributed by atoms with Crippen LogP contribution in [0.1, 0.15) is 31.2 Å². The molecule has 202 valence electrons. The molecule has 2 aromatic heterocycles. The zero-order valence-corrected chi connectivity index (χ0v) is 22.4. The van der Waals surface area contributed by atoms with Crippen molar-refractivity contribution in [2.24, 2.45) is 0 Å². The van der Waals surface area contributed by atoms with Crippen molar-refractivity contribution < 1.29 is 22.0 Å². The number of sulfonamides is 1. The zero-order valence-electron chi connectivity index (χ0n) is 20.8. The van der Waals surface area contributed by atoms with Gasteiger partial charge in [0.05, 0.1) is 22.7 Å². The van der Waals surface area contributed by atoms with E-state index >= 15 is 0 Å². The molecule has 38 heavy (non-hydrogen) atoms. The molecular formula is C22H25F2N9O3S2. The number of fused-ring (bicyclic) bond motifs is 1. The van der Waals surface area contributed by atoms with Gasteiger partial charge in [-0.3, -0.25) is 0 Å². The predicted octanol–water partition coefficient (Wildman–Crippen LogP) is 2.34. The normalized spacial score (nSPS) is 19.1. The highest BCUT2D eigenvalue weighted by Crippen LogP contribution is 2.38. The highest BCUT2D eigenvalue weighted by Gasteiger charge is 2.47. The fraction of sp³-hybridized carbons (Fsp3) is 0.500. The second-order valence-corrected chi connectivity index (χ2v) is 12.3. The van der Waals surface area contributed by atoms with E-state index in [-0.39, 0.29) is 22.1 Å². The highest BCUT2D eigenvalue weighted by atomic mass is 32.2. The number of nitrogens with one attached hydrogen (secondary N) is 1. The summed E-state index contributed by atoms with van der Waals surface area (Å²) in [4.78, 5) is 17.7. The van der Waals surface area contributed by atoms with E-state index in [1.165, 1.54) is 27.9 Å². The number of urea groups is 1. The van der Waals surface area contributed by atoms with Gasteiger partial charge in [0.25, 0.3) is 6.43 Å². The Morgan fingerprint density at radius 1 is 1.29 bits per heavy atom. The summed E-state index contributed by atoms with van der Waals surface area (Å²) in [6.45, 7) is 3.17. The molecule has 16 heteroatoms. The van der Waals surface area contributed by atoms with Gasteiger partial charge < -0.3 is 14.7 Å². The van der Waals surface area contributed by atoms with Crippen LogP contribution in [0.5, 0.6) is 0 Å². The Hall–Kier alpha value is -3.42. The standard InChI is InChI=1S/C22H25F2N9O3S2/c1-13-11-31(6-7-32(13)21(34)30(2)3)16-8-14(38(35,36)29-22(12-25)4-5-22)9-17-15(16)10-26-33(17)20-28-27-19(37-20)18(23)24/h8-10,13,18,29H,4-7,11H2,1-3H3/t13-/m0/s1. The predicted molar refractivity (Wildman–Crippen MR) is 135 cm³/mol. The summed E-state index contributed by atoms with van der Waals surface area (Å²) < 4.78 is 56.9. The molecule has 1 aliphatic heterocycles. The minimum atomic E-state index is -4.12. The molecule has 1 aromatic carbocycles. The van der Waals surface area contributed by atoms with Crippen molar-refractivity contribution in [3.63, 3.8) is 0 Å². The molecule has 2 fully saturated rings. The number of halogens is 2. The average molecular weight is 566 g/mol. The van der Waals surface area contributed by atoms with Crippen LogP contribution in [0.3, 0.4) is 0 Å². The summed E-state index contributed by atoms with van der Waals surface area (Å²) in [6, 6.07) is 4.64. The van der Waals surface area contributed by atoms with Crippen LogP contribution in [0.15, 0.2) is 23.2 Å². The number of aromatic nitrogens is 4. The molecule has 0 radical (unpaired) electrons. The maximum absolute atomic E-state index is 13.4. The van der Waals surface area contributed by atoms with Gasteiger partial charge in [0.1, 0.15) is 5.54 Å². The number of nitriles is 1. The second-order valence-electron chi connectivity index (χ2n) is 9.62. The highest BCUT2D eigenvalue weighted by molar-refractivity contribution is 7.89. The van der Waals surface area contributed by atoms with E-state index < -0.39 is 27.0 Å². The average Bonchev–Trinajstić information content (AvgIpc) is 3.26. The van der Waals surface area contributed by atoms with Gasteiger partial charge in [-0.05, 0) is 31.9 Å². The lowest BCUT2D eigenvalue weighted by Crippen LogP contribution is -2.56. The molecule has 3 heterocycles. The van der Waals surface area contributed by atoms with Crippen LogP contribution in [-0.4, -0.2) is 89.5 Å². The number of alkyl halides is 2. The topological polar surface area (TPSA) is 140 Å². The van der Waals surface area contributed by atoms with Gasteiger partial charge in [-0.15, -0.1) is 10.2 Å². The molecule has 2 amide bonds. The number of anilines is 1. The Morgan fingerprint density at radius 3 is 2.61 bits per heavy atom. The Bertz CT molecular complexity index is 1540. The lowest BCUT2D eigenvalue weighted by Gasteiger charge is -2.42. The van der Waals surface area contributed by atoms with Crippen LogP contribution >= 0.6 is 11.3 Å². The van der Waals surface area contributed by atoms with E-state index in [9.17, 15) is 27.3 Å². The molecule has 1 atom stereocenters. The molecule has 0 spiro atoms. The number of carbonyl (C=O) groups is 1. The van der Waals surface area contributed by atoms with Gasteiger partial charge in [0.2, 0.25) is 15.2 Å². The maximum atomic E-state index is 13.4. The third kappa shape index (κ3) is 4.65. The van der Waals surface area contributed by atoms with E-state index in [1.54, 1.807) is 19.0 Å². The molecule has 1 aliphatic carbocycles. The second kappa shape index (κ2) is 9.40. The van der Waals surface area contributed by atoms with Crippen molar-refractivity contribution in [2.45, 2.75) is 42.7 Å². The number of benzene rings is 1. The minimum Gasteiger partial charge on any atom is -0.367 e. The van der Waals surface area contributed by atoms with E-state index in [0.717, 1.165) is 0 Å². The fourth-order valence-electron chi connectivity index (χ4n) is 4.45. The van der Waals surface area contributed by atoms with Crippen molar-refractivity contribution in [1.29, 1.82) is 5.26 Å². The molecular weight excluding hydrogens is 540 g/mol. The smallest absolute Gasteiger partial charge is 0.319 e. The number of hydrogen-bond donors (Lipinski definition) is 1. The third-order valence-electron chi connectivity index (χ3n) is 6.64. The largest absolute Gasteiger partial charge is 0.367 e. The summed E-state index contributed by atoms with van der Waals surface area (Å²) in [6.07, 6.45) is -0.452. The van der Waals surface area contributed by atoms with Crippen LogP contribution < -0.4 is 9.62 Å². The molecule has 1 saturated heterocycles. The number of nitrogens with zero attached hydrogens (tertiary/aromatic N) is 8. The Kier molecular flexibility index (Phi) is 6.48. The number of rotatable bonds is 6. The van der Waals surface area contributed by atoms with E-state index in [1.807, 2.05) is 17.9 Å². The fourth-order valence-corrected chi connectivity index (χ4v) is 6.53. The number of piperazine rings is 1. The van der Waals surface area contributed by atoms with Gasteiger partial charge >= 0.3 is 6.03 Å². The summed E-state index contributed by atoms with van der Waals surface area (Å²) in [5.74, 6) is 0. The first-order valence-electron chi connectivity index (χ1n) is 11.8. The van der Waals surface area contributed by atoms with Gasteiger partial charge in [0, 0.05) is 50.8 Å². The number of amides is 2. The maximum Gasteiger partial charge on any atom is 0.319 e. The zero-order chi connectivity index (χ0) is 27.4. The first-order valence-corrected chi connectivity index (χ1v) is 14.1. The first kappa shape index (κ1) is 26.2. The van der Waals surface area contributed by atoms with Crippen molar-refractivity contribution >= 4 is 44.0 Å². The summed E-state index contributed by atoms with van der Waals surface area (Å²) in [7, 11) is -0.754. The molecule has 3 aromatic rings. The van der Waals surface area contributed by atoms with Crippen LogP contribution in [0.4, 0.5) is 19.3 Å². The van der Waals surface area contributed by atoms with Crippen molar-refractivity contribution in [2.75, 3.05) is 38.6 Å². The van der Waals surface area contributed by atoms with Crippen molar-refractivity contribution in [3.8, 4) is 11.2 Å². The molecule has 1 saturated carbocycles. The van der Waals surface area contributed by atoms with E-state index in [2.05, 4.69) is 20.0 Å². The molecule has 5 rings (SSSR count). The Morgan fingerprint density at radius 2 is 2.03 bits per heavy atom. The van der Waals surface area contributed by atoms with Gasteiger partial charge in [-0.25, -0.2) is 26.7 Å². The molecule has 0 bridgehead atoms. The summed E-state index contributed by atoms with van der Waals surface area (Å²) >= 11 is 0.656. The molecule has 0 unspecified atom stereocenters. The quantitative estimate of drug-likeness (QED) is 0.480. The molecule has 12 nitrogen and oxygen atoms in total. The first-order chi connectivity index (χ1) is 17.9. The molecule has 2 aliphatic rings. The monoisotopic (exact) mass is 565 g/mol. The number of carbonyl (C=O) groups excluding carboxylic acids is 1. The lowest BCUT2D eigenvalue weighted by molar-refractivity contribution is 0.147. The van der Waals surface area contributed by atoms with E-state index in [0.29, 0.717) is 60.4 Å².